The molecule has 2 aromatic carbocycles. The molecule has 0 radical (unpaired) electrons. The Morgan fingerprint density at radius 2 is 2.00 bits per heavy atom. The first kappa shape index (κ1) is 26.2. The van der Waals surface area contributed by atoms with Gasteiger partial charge in [-0.05, 0) is 66.4 Å². The molecule has 1 aliphatic carbocycles. The molecule has 1 aromatic heterocycles. The quantitative estimate of drug-likeness (QED) is 0.253. The van der Waals surface area contributed by atoms with Gasteiger partial charge in [0.25, 0.3) is 5.56 Å². The van der Waals surface area contributed by atoms with Crippen molar-refractivity contribution in [1.82, 2.24) is 9.66 Å². The molecule has 0 N–H and O–H groups in total. The number of hydrogen-bond acceptors (Lipinski definition) is 5. The van der Waals surface area contributed by atoms with Gasteiger partial charge in [-0.1, -0.05) is 53.7 Å². The Kier molecular flexibility index (Phi) is 8.55. The highest BCUT2D eigenvalue weighted by Crippen LogP contribution is 2.43. The van der Waals surface area contributed by atoms with E-state index >= 15 is 0 Å². The van der Waals surface area contributed by atoms with Crippen molar-refractivity contribution in [2.24, 2.45) is 5.10 Å². The van der Waals surface area contributed by atoms with Gasteiger partial charge in [0.1, 0.15) is 10.8 Å². The molecule has 4 rings (SSSR count). The van der Waals surface area contributed by atoms with Crippen molar-refractivity contribution in [1.29, 1.82) is 0 Å². The molecule has 3 aromatic rings. The van der Waals surface area contributed by atoms with Crippen LogP contribution in [0.5, 0.6) is 11.5 Å². The third-order valence-electron chi connectivity index (χ3n) is 6.39. The van der Waals surface area contributed by atoms with Crippen LogP contribution in [0.3, 0.4) is 0 Å². The minimum atomic E-state index is -0.195. The van der Waals surface area contributed by atoms with Gasteiger partial charge in [0.2, 0.25) is 0 Å². The van der Waals surface area contributed by atoms with Crippen molar-refractivity contribution in [2.75, 3.05) is 7.11 Å². The Morgan fingerprint density at radius 3 is 2.69 bits per heavy atom. The molecular weight excluding hydrogens is 598 g/mol. The lowest BCUT2D eigenvalue weighted by atomic mass is 9.88. The topological polar surface area (TPSA) is 65.7 Å². The van der Waals surface area contributed by atoms with Crippen LogP contribution in [0.15, 0.2) is 43.1 Å². The molecule has 0 saturated heterocycles. The molecule has 0 bridgehead atoms. The van der Waals surface area contributed by atoms with E-state index in [-0.39, 0.29) is 17.6 Å². The third kappa shape index (κ3) is 5.59. The van der Waals surface area contributed by atoms with Gasteiger partial charge >= 0.3 is 0 Å². The maximum atomic E-state index is 13.6. The fraction of sp³-hybridized carbons (Fsp3) is 0.423. The number of nitrogens with zero attached hydrogens (tertiary/aromatic N) is 3. The number of methoxy groups -OCH3 is 1. The number of ether oxygens (including phenoxy) is 2. The average molecular weight is 626 g/mol. The second-order valence-electron chi connectivity index (χ2n) is 8.79. The SMILES string of the molecule is CC[C@@H](C)Oc1c(OC)cc(C=Nn2c(C3CCCCC3)nc3ccc(Br)cc3c2=O)c(Br)c1Cl. The third-order valence-corrected chi connectivity index (χ3v) is 8.32. The smallest absolute Gasteiger partial charge is 0.282 e. The number of halogens is 3. The lowest BCUT2D eigenvalue weighted by molar-refractivity contribution is 0.207. The lowest BCUT2D eigenvalue weighted by Gasteiger charge is -2.23. The molecule has 1 atom stereocenters. The fourth-order valence-corrected chi connectivity index (χ4v) is 5.27. The van der Waals surface area contributed by atoms with E-state index in [0.717, 1.165) is 36.6 Å². The van der Waals surface area contributed by atoms with Crippen LogP contribution >= 0.6 is 43.5 Å². The van der Waals surface area contributed by atoms with E-state index in [1.165, 1.54) is 11.1 Å². The predicted molar refractivity (Wildman–Crippen MR) is 149 cm³/mol. The zero-order valence-electron chi connectivity index (χ0n) is 20.0. The lowest BCUT2D eigenvalue weighted by Crippen LogP contribution is -2.25. The summed E-state index contributed by atoms with van der Waals surface area (Å²) in [7, 11) is 1.57. The number of aromatic nitrogens is 2. The van der Waals surface area contributed by atoms with Crippen LogP contribution < -0.4 is 15.0 Å². The number of fused-ring (bicyclic) bond motifs is 1. The van der Waals surface area contributed by atoms with Crippen LogP contribution in [0.25, 0.3) is 10.9 Å². The van der Waals surface area contributed by atoms with E-state index in [4.69, 9.17) is 26.1 Å². The molecule has 186 valence electrons. The molecule has 1 heterocycles. The van der Waals surface area contributed by atoms with Crippen molar-refractivity contribution >= 4 is 60.6 Å². The summed E-state index contributed by atoms with van der Waals surface area (Å²) in [4.78, 5) is 18.4. The summed E-state index contributed by atoms with van der Waals surface area (Å²) in [5, 5.41) is 5.54. The first-order valence-corrected chi connectivity index (χ1v) is 13.8. The van der Waals surface area contributed by atoms with Crippen molar-refractivity contribution in [3.05, 3.63) is 60.0 Å². The van der Waals surface area contributed by atoms with Crippen LogP contribution in [0.4, 0.5) is 0 Å². The van der Waals surface area contributed by atoms with E-state index in [1.807, 2.05) is 26.0 Å². The second-order valence-corrected chi connectivity index (χ2v) is 10.9. The molecule has 9 heteroatoms. The van der Waals surface area contributed by atoms with E-state index < -0.39 is 0 Å². The van der Waals surface area contributed by atoms with Crippen LogP contribution in [-0.4, -0.2) is 29.1 Å². The first-order chi connectivity index (χ1) is 16.8. The molecule has 1 saturated carbocycles. The van der Waals surface area contributed by atoms with Crippen LogP contribution in [0.1, 0.15) is 69.7 Å². The van der Waals surface area contributed by atoms with Gasteiger partial charge in [-0.25, -0.2) is 4.98 Å². The number of rotatable bonds is 7. The molecule has 1 aliphatic rings. The molecule has 1 fully saturated rings. The van der Waals surface area contributed by atoms with E-state index in [0.29, 0.717) is 43.3 Å². The first-order valence-electron chi connectivity index (χ1n) is 11.8. The molecule has 0 aliphatic heterocycles. The Bertz CT molecular complexity index is 1320. The van der Waals surface area contributed by atoms with E-state index in [2.05, 4.69) is 37.0 Å². The summed E-state index contributed by atoms with van der Waals surface area (Å²) >= 11 is 13.7. The number of hydrogen-bond donors (Lipinski definition) is 0. The predicted octanol–water partition coefficient (Wildman–Crippen LogP) is 7.69. The summed E-state index contributed by atoms with van der Waals surface area (Å²) in [6.07, 6.45) is 7.87. The molecule has 6 nitrogen and oxygen atoms in total. The summed E-state index contributed by atoms with van der Waals surface area (Å²) in [6.45, 7) is 4.02. The summed E-state index contributed by atoms with van der Waals surface area (Å²) in [6, 6.07) is 7.37. The van der Waals surface area contributed by atoms with Crippen molar-refractivity contribution in [2.45, 2.75) is 64.4 Å². The Balaban J connectivity index is 1.83. The van der Waals surface area contributed by atoms with Gasteiger partial charge in [0.05, 0.1) is 30.3 Å². The average Bonchev–Trinajstić information content (AvgIpc) is 2.87. The maximum absolute atomic E-state index is 13.6. The molecular formula is C26H28Br2ClN3O3. The summed E-state index contributed by atoms with van der Waals surface area (Å²) in [5.74, 6) is 1.87. The summed E-state index contributed by atoms with van der Waals surface area (Å²) < 4.78 is 14.4. The van der Waals surface area contributed by atoms with Crippen molar-refractivity contribution in [3.63, 3.8) is 0 Å². The van der Waals surface area contributed by atoms with Gasteiger partial charge in [0.15, 0.2) is 11.5 Å². The van der Waals surface area contributed by atoms with Crippen LogP contribution in [0, 0.1) is 0 Å². The Labute approximate surface area is 226 Å². The molecule has 0 unspecified atom stereocenters. The second kappa shape index (κ2) is 11.4. The van der Waals surface area contributed by atoms with Gasteiger partial charge < -0.3 is 9.47 Å². The summed E-state index contributed by atoms with van der Waals surface area (Å²) in [5.41, 5.74) is 1.15. The minimum absolute atomic E-state index is 0.0209. The van der Waals surface area contributed by atoms with E-state index in [9.17, 15) is 4.79 Å². The van der Waals surface area contributed by atoms with E-state index in [1.54, 1.807) is 25.5 Å². The monoisotopic (exact) mass is 623 g/mol. The Hall–Kier alpha value is -1.90. The van der Waals surface area contributed by atoms with Crippen LogP contribution in [0.2, 0.25) is 5.02 Å². The maximum Gasteiger partial charge on any atom is 0.282 e. The van der Waals surface area contributed by atoms with Crippen molar-refractivity contribution in [3.8, 4) is 11.5 Å². The zero-order valence-corrected chi connectivity index (χ0v) is 23.9. The van der Waals surface area contributed by atoms with Gasteiger partial charge in [-0.3, -0.25) is 4.79 Å². The highest BCUT2D eigenvalue weighted by Gasteiger charge is 2.23. The molecule has 35 heavy (non-hydrogen) atoms. The largest absolute Gasteiger partial charge is 0.493 e. The van der Waals surface area contributed by atoms with Crippen molar-refractivity contribution < 1.29 is 9.47 Å². The van der Waals surface area contributed by atoms with Crippen LogP contribution in [-0.2, 0) is 0 Å². The molecule has 0 spiro atoms. The highest BCUT2D eigenvalue weighted by molar-refractivity contribution is 9.10. The molecule has 0 amide bonds. The number of benzene rings is 2. The normalized spacial score (nSPS) is 15.6. The highest BCUT2D eigenvalue weighted by atomic mass is 79.9. The Morgan fingerprint density at radius 1 is 1.26 bits per heavy atom. The standard InChI is InChI=1S/C26H28Br2ClN3O3/c1-4-15(2)35-24-21(34-3)12-17(22(28)23(24)29)14-30-32-25(16-8-6-5-7-9-16)31-20-11-10-18(27)13-19(20)26(32)33/h10-16H,4-9H2,1-3H3/t15-/m1/s1. The van der Waals surface area contributed by atoms with Gasteiger partial charge in [-0.15, -0.1) is 0 Å². The zero-order chi connectivity index (χ0) is 25.1. The van der Waals surface area contributed by atoms with Gasteiger partial charge in [-0.2, -0.15) is 9.78 Å². The fourth-order valence-electron chi connectivity index (χ4n) is 4.27. The minimum Gasteiger partial charge on any atom is -0.493 e. The van der Waals surface area contributed by atoms with Gasteiger partial charge in [0, 0.05) is 20.4 Å².